The first kappa shape index (κ1) is 14.4. The molecule has 0 saturated heterocycles. The van der Waals surface area contributed by atoms with Crippen LogP contribution in [0.1, 0.15) is 38.3 Å². The SMILES string of the molecule is CC1CCCCC1NS(=O)(=O)c1ccc(CN)nc1. The van der Waals surface area contributed by atoms with Crippen molar-refractivity contribution in [2.24, 2.45) is 11.7 Å². The van der Waals surface area contributed by atoms with Gasteiger partial charge in [-0.2, -0.15) is 0 Å². The van der Waals surface area contributed by atoms with Crippen molar-refractivity contribution in [2.75, 3.05) is 0 Å². The minimum absolute atomic E-state index is 0.0351. The van der Waals surface area contributed by atoms with Crippen molar-refractivity contribution in [1.29, 1.82) is 0 Å². The average molecular weight is 283 g/mol. The summed E-state index contributed by atoms with van der Waals surface area (Å²) in [6.45, 7) is 2.41. The molecule has 0 radical (unpaired) electrons. The highest BCUT2D eigenvalue weighted by Gasteiger charge is 2.26. The number of hydrogen-bond donors (Lipinski definition) is 2. The Balaban J connectivity index is 2.12. The zero-order valence-electron chi connectivity index (χ0n) is 11.2. The van der Waals surface area contributed by atoms with Gasteiger partial charge in [0.25, 0.3) is 0 Å². The lowest BCUT2D eigenvalue weighted by Crippen LogP contribution is -2.41. The van der Waals surface area contributed by atoms with E-state index < -0.39 is 10.0 Å². The first-order valence-corrected chi connectivity index (χ1v) is 8.18. The zero-order chi connectivity index (χ0) is 13.9. The molecule has 1 aromatic rings. The number of rotatable bonds is 4. The van der Waals surface area contributed by atoms with E-state index in [1.165, 1.54) is 12.6 Å². The van der Waals surface area contributed by atoms with Gasteiger partial charge in [0.1, 0.15) is 4.90 Å². The second-order valence-corrected chi connectivity index (χ2v) is 6.89. The van der Waals surface area contributed by atoms with Crippen LogP contribution in [0.25, 0.3) is 0 Å². The Morgan fingerprint density at radius 3 is 2.68 bits per heavy atom. The molecule has 1 aliphatic rings. The van der Waals surface area contributed by atoms with Crippen molar-refractivity contribution in [1.82, 2.24) is 9.71 Å². The van der Waals surface area contributed by atoms with E-state index in [4.69, 9.17) is 5.73 Å². The fourth-order valence-corrected chi connectivity index (χ4v) is 3.77. The third kappa shape index (κ3) is 3.52. The number of hydrogen-bond acceptors (Lipinski definition) is 4. The summed E-state index contributed by atoms with van der Waals surface area (Å²) in [5, 5.41) is 0. The molecule has 106 valence electrons. The van der Waals surface area contributed by atoms with Gasteiger partial charge in [0.2, 0.25) is 10.0 Å². The number of pyridine rings is 1. The molecule has 0 aromatic carbocycles. The van der Waals surface area contributed by atoms with E-state index in [-0.39, 0.29) is 10.9 Å². The van der Waals surface area contributed by atoms with Gasteiger partial charge in [-0.15, -0.1) is 0 Å². The second kappa shape index (κ2) is 5.98. The smallest absolute Gasteiger partial charge is 0.242 e. The average Bonchev–Trinajstić information content (AvgIpc) is 2.41. The van der Waals surface area contributed by atoms with Crippen LogP contribution in [0.2, 0.25) is 0 Å². The van der Waals surface area contributed by atoms with Crippen LogP contribution in [0.4, 0.5) is 0 Å². The minimum Gasteiger partial charge on any atom is -0.325 e. The topological polar surface area (TPSA) is 85.1 Å². The summed E-state index contributed by atoms with van der Waals surface area (Å²) in [4.78, 5) is 4.24. The van der Waals surface area contributed by atoms with Gasteiger partial charge in [-0.3, -0.25) is 4.98 Å². The maximum absolute atomic E-state index is 12.3. The lowest BCUT2D eigenvalue weighted by molar-refractivity contribution is 0.310. The summed E-state index contributed by atoms with van der Waals surface area (Å²) in [6, 6.07) is 3.25. The molecule has 0 amide bonds. The molecule has 1 heterocycles. The molecule has 19 heavy (non-hydrogen) atoms. The predicted octanol–water partition coefficient (Wildman–Crippen LogP) is 1.40. The van der Waals surface area contributed by atoms with Crippen LogP contribution in [0.5, 0.6) is 0 Å². The van der Waals surface area contributed by atoms with E-state index in [1.807, 2.05) is 0 Å². The Labute approximate surface area is 114 Å². The van der Waals surface area contributed by atoms with Crippen molar-refractivity contribution in [3.8, 4) is 0 Å². The van der Waals surface area contributed by atoms with Gasteiger partial charge in [0.05, 0.1) is 5.69 Å². The molecule has 1 aliphatic carbocycles. The van der Waals surface area contributed by atoms with Crippen molar-refractivity contribution >= 4 is 10.0 Å². The van der Waals surface area contributed by atoms with Crippen molar-refractivity contribution in [2.45, 2.75) is 50.1 Å². The van der Waals surface area contributed by atoms with Crippen LogP contribution < -0.4 is 10.5 Å². The van der Waals surface area contributed by atoms with Crippen LogP contribution in [0, 0.1) is 5.92 Å². The Kier molecular flexibility index (Phi) is 4.54. The quantitative estimate of drug-likeness (QED) is 0.874. The maximum Gasteiger partial charge on any atom is 0.242 e. The van der Waals surface area contributed by atoms with E-state index in [0.717, 1.165) is 19.3 Å². The van der Waals surface area contributed by atoms with Crippen molar-refractivity contribution in [3.05, 3.63) is 24.0 Å². The van der Waals surface area contributed by atoms with Gasteiger partial charge in [-0.1, -0.05) is 19.8 Å². The molecule has 1 aromatic heterocycles. The molecule has 1 fully saturated rings. The van der Waals surface area contributed by atoms with Gasteiger partial charge in [-0.25, -0.2) is 13.1 Å². The third-order valence-electron chi connectivity index (χ3n) is 3.74. The molecule has 1 saturated carbocycles. The van der Waals surface area contributed by atoms with Crippen LogP contribution in [0.15, 0.2) is 23.2 Å². The summed E-state index contributed by atoms with van der Waals surface area (Å²) < 4.78 is 27.3. The van der Waals surface area contributed by atoms with Crippen LogP contribution in [0.3, 0.4) is 0 Å². The van der Waals surface area contributed by atoms with Gasteiger partial charge in [-0.05, 0) is 30.9 Å². The second-order valence-electron chi connectivity index (χ2n) is 5.18. The highest BCUT2D eigenvalue weighted by molar-refractivity contribution is 7.89. The molecule has 5 nitrogen and oxygen atoms in total. The molecule has 0 aliphatic heterocycles. The van der Waals surface area contributed by atoms with E-state index in [2.05, 4.69) is 16.6 Å². The molecule has 0 bridgehead atoms. The Hall–Kier alpha value is -0.980. The van der Waals surface area contributed by atoms with E-state index in [9.17, 15) is 8.42 Å². The molecular weight excluding hydrogens is 262 g/mol. The number of aromatic nitrogens is 1. The summed E-state index contributed by atoms with van der Waals surface area (Å²) >= 11 is 0. The van der Waals surface area contributed by atoms with Gasteiger partial charge < -0.3 is 5.73 Å². The van der Waals surface area contributed by atoms with Crippen molar-refractivity contribution in [3.63, 3.8) is 0 Å². The van der Waals surface area contributed by atoms with Gasteiger partial charge >= 0.3 is 0 Å². The molecule has 2 rings (SSSR count). The number of nitrogens with zero attached hydrogens (tertiary/aromatic N) is 1. The fourth-order valence-electron chi connectivity index (χ4n) is 2.45. The highest BCUT2D eigenvalue weighted by atomic mass is 32.2. The Morgan fingerprint density at radius 2 is 2.11 bits per heavy atom. The normalized spacial score (nSPS) is 24.3. The van der Waals surface area contributed by atoms with E-state index >= 15 is 0 Å². The predicted molar refractivity (Wildman–Crippen MR) is 73.9 cm³/mol. The van der Waals surface area contributed by atoms with Gasteiger partial charge in [0.15, 0.2) is 0 Å². The summed E-state index contributed by atoms with van der Waals surface area (Å²) in [6.07, 6.45) is 5.64. The molecule has 6 heteroatoms. The summed E-state index contributed by atoms with van der Waals surface area (Å²) in [5.41, 5.74) is 6.13. The first-order chi connectivity index (χ1) is 9.03. The number of sulfonamides is 1. The number of nitrogens with two attached hydrogens (primary N) is 1. The monoisotopic (exact) mass is 283 g/mol. The van der Waals surface area contributed by atoms with Crippen LogP contribution in [-0.4, -0.2) is 19.4 Å². The Morgan fingerprint density at radius 1 is 1.37 bits per heavy atom. The van der Waals surface area contributed by atoms with E-state index in [1.54, 1.807) is 12.1 Å². The Bertz CT molecular complexity index is 513. The molecular formula is C13H21N3O2S. The van der Waals surface area contributed by atoms with Crippen LogP contribution >= 0.6 is 0 Å². The largest absolute Gasteiger partial charge is 0.325 e. The highest BCUT2D eigenvalue weighted by Crippen LogP contribution is 2.25. The van der Waals surface area contributed by atoms with Crippen molar-refractivity contribution < 1.29 is 8.42 Å². The zero-order valence-corrected chi connectivity index (χ0v) is 12.0. The standard InChI is InChI=1S/C13H21N3O2S/c1-10-4-2-3-5-13(10)16-19(17,18)12-7-6-11(8-14)15-9-12/h6-7,9-10,13,16H,2-5,8,14H2,1H3. The minimum atomic E-state index is -3.47. The molecule has 0 spiro atoms. The fraction of sp³-hybridized carbons (Fsp3) is 0.615. The van der Waals surface area contributed by atoms with E-state index in [0.29, 0.717) is 18.2 Å². The lowest BCUT2D eigenvalue weighted by atomic mass is 9.87. The molecule has 2 atom stereocenters. The molecule has 2 unspecified atom stereocenters. The summed E-state index contributed by atoms with van der Waals surface area (Å²) in [7, 11) is -3.47. The van der Waals surface area contributed by atoms with Crippen LogP contribution in [-0.2, 0) is 16.6 Å². The summed E-state index contributed by atoms with van der Waals surface area (Å²) in [5.74, 6) is 0.389. The lowest BCUT2D eigenvalue weighted by Gasteiger charge is -2.29. The first-order valence-electron chi connectivity index (χ1n) is 6.70. The molecule has 3 N–H and O–H groups in total. The number of nitrogens with one attached hydrogen (secondary N) is 1. The maximum atomic E-state index is 12.3. The third-order valence-corrected chi connectivity index (χ3v) is 5.21. The van der Waals surface area contributed by atoms with Gasteiger partial charge in [0, 0.05) is 18.8 Å².